The molecule has 3 atom stereocenters. The van der Waals surface area contributed by atoms with Crippen molar-refractivity contribution in [3.05, 3.63) is 0 Å². The molecule has 0 bridgehead atoms. The maximum absolute atomic E-state index is 12.3. The number of nitrogens with two attached hydrogens (primary N) is 1. The highest BCUT2D eigenvalue weighted by Crippen LogP contribution is 2.56. The Labute approximate surface area is 97.4 Å². The number of piperidine rings is 1. The average Bonchev–Trinajstić information content (AvgIpc) is 3.02. The SMILES string of the molecule is N[C@@H]1CCCN(C(=O)C2C3CCCCC32)C1. The van der Waals surface area contributed by atoms with Crippen LogP contribution in [0.2, 0.25) is 0 Å². The van der Waals surface area contributed by atoms with Crippen molar-refractivity contribution in [3.8, 4) is 0 Å². The predicted molar refractivity (Wildman–Crippen MR) is 62.7 cm³/mol. The van der Waals surface area contributed by atoms with Crippen LogP contribution in [0.15, 0.2) is 0 Å². The molecule has 2 N–H and O–H groups in total. The zero-order chi connectivity index (χ0) is 11.1. The van der Waals surface area contributed by atoms with Crippen molar-refractivity contribution < 1.29 is 4.79 Å². The molecule has 0 radical (unpaired) electrons. The van der Waals surface area contributed by atoms with E-state index in [2.05, 4.69) is 0 Å². The van der Waals surface area contributed by atoms with Crippen molar-refractivity contribution in [3.63, 3.8) is 0 Å². The van der Waals surface area contributed by atoms with Crippen LogP contribution in [0.3, 0.4) is 0 Å². The van der Waals surface area contributed by atoms with Crippen molar-refractivity contribution in [1.29, 1.82) is 0 Å². The molecule has 3 nitrogen and oxygen atoms in total. The summed E-state index contributed by atoms with van der Waals surface area (Å²) in [6.07, 6.45) is 7.44. The summed E-state index contributed by atoms with van der Waals surface area (Å²) in [7, 11) is 0. The topological polar surface area (TPSA) is 46.3 Å². The molecular weight excluding hydrogens is 200 g/mol. The fourth-order valence-electron chi connectivity index (χ4n) is 3.78. The fraction of sp³-hybridized carbons (Fsp3) is 0.923. The minimum Gasteiger partial charge on any atom is -0.341 e. The Kier molecular flexibility index (Phi) is 2.66. The van der Waals surface area contributed by atoms with Gasteiger partial charge in [-0.2, -0.15) is 0 Å². The number of hydrogen-bond acceptors (Lipinski definition) is 2. The van der Waals surface area contributed by atoms with Crippen LogP contribution in [0.5, 0.6) is 0 Å². The van der Waals surface area contributed by atoms with Gasteiger partial charge in [0.25, 0.3) is 0 Å². The lowest BCUT2D eigenvalue weighted by Gasteiger charge is -2.31. The van der Waals surface area contributed by atoms with E-state index in [0.29, 0.717) is 11.8 Å². The molecule has 90 valence electrons. The molecule has 1 saturated heterocycles. The number of likely N-dealkylation sites (tertiary alicyclic amines) is 1. The third kappa shape index (κ3) is 1.75. The smallest absolute Gasteiger partial charge is 0.226 e. The van der Waals surface area contributed by atoms with E-state index in [4.69, 9.17) is 5.73 Å². The van der Waals surface area contributed by atoms with Gasteiger partial charge in [0.2, 0.25) is 5.91 Å². The van der Waals surface area contributed by atoms with Gasteiger partial charge in [0.1, 0.15) is 0 Å². The second-order valence-corrected chi connectivity index (χ2v) is 5.82. The molecule has 3 aliphatic rings. The largest absolute Gasteiger partial charge is 0.341 e. The summed E-state index contributed by atoms with van der Waals surface area (Å²) in [6.45, 7) is 1.75. The van der Waals surface area contributed by atoms with Crippen molar-refractivity contribution >= 4 is 5.91 Å². The van der Waals surface area contributed by atoms with Gasteiger partial charge in [-0.15, -0.1) is 0 Å². The highest BCUT2D eigenvalue weighted by atomic mass is 16.2. The van der Waals surface area contributed by atoms with E-state index in [1.165, 1.54) is 25.7 Å². The summed E-state index contributed by atoms with van der Waals surface area (Å²) >= 11 is 0. The maximum Gasteiger partial charge on any atom is 0.226 e. The molecule has 1 amide bonds. The van der Waals surface area contributed by atoms with Gasteiger partial charge in [-0.1, -0.05) is 12.8 Å². The average molecular weight is 222 g/mol. The lowest BCUT2D eigenvalue weighted by atomic mass is 10.0. The van der Waals surface area contributed by atoms with Crippen molar-refractivity contribution in [2.75, 3.05) is 13.1 Å². The first kappa shape index (κ1) is 10.6. The van der Waals surface area contributed by atoms with Crippen LogP contribution in [0.1, 0.15) is 38.5 Å². The number of carbonyl (C=O) groups excluding carboxylic acids is 1. The number of fused-ring (bicyclic) bond motifs is 1. The first-order valence-corrected chi connectivity index (χ1v) is 6.82. The molecule has 3 fully saturated rings. The van der Waals surface area contributed by atoms with Gasteiger partial charge in [0, 0.05) is 25.0 Å². The van der Waals surface area contributed by atoms with E-state index in [9.17, 15) is 4.79 Å². The molecule has 0 aromatic rings. The highest BCUT2D eigenvalue weighted by Gasteiger charge is 2.55. The van der Waals surface area contributed by atoms with Crippen LogP contribution in [0.25, 0.3) is 0 Å². The first-order chi connectivity index (χ1) is 7.77. The van der Waals surface area contributed by atoms with Crippen LogP contribution < -0.4 is 5.73 Å². The van der Waals surface area contributed by atoms with Gasteiger partial charge < -0.3 is 10.6 Å². The van der Waals surface area contributed by atoms with E-state index in [1.807, 2.05) is 4.90 Å². The van der Waals surface area contributed by atoms with E-state index in [1.54, 1.807) is 0 Å². The molecule has 2 unspecified atom stereocenters. The Bertz CT molecular complexity index is 276. The number of hydrogen-bond donors (Lipinski definition) is 1. The Morgan fingerprint density at radius 1 is 1.06 bits per heavy atom. The van der Waals surface area contributed by atoms with Crippen LogP contribution in [0.4, 0.5) is 0 Å². The van der Waals surface area contributed by atoms with E-state index in [0.717, 1.165) is 37.8 Å². The third-order valence-electron chi connectivity index (χ3n) is 4.71. The summed E-state index contributed by atoms with van der Waals surface area (Å²) in [5.74, 6) is 2.28. The van der Waals surface area contributed by atoms with E-state index in [-0.39, 0.29) is 6.04 Å². The minimum absolute atomic E-state index is 0.221. The molecule has 3 rings (SSSR count). The minimum atomic E-state index is 0.221. The Balaban J connectivity index is 1.61. The van der Waals surface area contributed by atoms with Crippen molar-refractivity contribution in [2.45, 2.75) is 44.6 Å². The molecule has 1 heterocycles. The lowest BCUT2D eigenvalue weighted by Crippen LogP contribution is -2.46. The molecule has 3 heteroatoms. The summed E-state index contributed by atoms with van der Waals surface area (Å²) in [5, 5.41) is 0. The van der Waals surface area contributed by atoms with Gasteiger partial charge in [-0.25, -0.2) is 0 Å². The summed E-state index contributed by atoms with van der Waals surface area (Å²) in [6, 6.07) is 0.221. The molecule has 2 aliphatic carbocycles. The molecule has 16 heavy (non-hydrogen) atoms. The molecule has 2 saturated carbocycles. The molecular formula is C13H22N2O. The predicted octanol–water partition coefficient (Wildman–Crippen LogP) is 1.37. The van der Waals surface area contributed by atoms with Gasteiger partial charge in [0.05, 0.1) is 0 Å². The molecule has 0 spiro atoms. The maximum atomic E-state index is 12.3. The van der Waals surface area contributed by atoms with Gasteiger partial charge in [-0.05, 0) is 37.5 Å². The third-order valence-corrected chi connectivity index (χ3v) is 4.71. The van der Waals surface area contributed by atoms with Gasteiger partial charge >= 0.3 is 0 Å². The van der Waals surface area contributed by atoms with E-state index < -0.39 is 0 Å². The van der Waals surface area contributed by atoms with Gasteiger partial charge in [0.15, 0.2) is 0 Å². The first-order valence-electron chi connectivity index (χ1n) is 6.82. The zero-order valence-electron chi connectivity index (χ0n) is 9.90. The zero-order valence-corrected chi connectivity index (χ0v) is 9.90. The van der Waals surface area contributed by atoms with Crippen molar-refractivity contribution in [1.82, 2.24) is 4.90 Å². The van der Waals surface area contributed by atoms with Crippen LogP contribution >= 0.6 is 0 Å². The Hall–Kier alpha value is -0.570. The van der Waals surface area contributed by atoms with Gasteiger partial charge in [-0.3, -0.25) is 4.79 Å². The fourth-order valence-corrected chi connectivity index (χ4v) is 3.78. The second kappa shape index (κ2) is 4.02. The monoisotopic (exact) mass is 222 g/mol. The molecule has 0 aromatic carbocycles. The van der Waals surface area contributed by atoms with Crippen LogP contribution in [0, 0.1) is 17.8 Å². The number of amides is 1. The normalized spacial score (nSPS) is 42.7. The van der Waals surface area contributed by atoms with Crippen LogP contribution in [-0.4, -0.2) is 29.9 Å². The molecule has 1 aliphatic heterocycles. The Morgan fingerprint density at radius 2 is 1.75 bits per heavy atom. The second-order valence-electron chi connectivity index (χ2n) is 5.82. The number of rotatable bonds is 1. The molecule has 0 aromatic heterocycles. The lowest BCUT2D eigenvalue weighted by molar-refractivity contribution is -0.134. The van der Waals surface area contributed by atoms with Crippen molar-refractivity contribution in [2.24, 2.45) is 23.5 Å². The number of nitrogens with zero attached hydrogens (tertiary/aromatic N) is 1. The summed E-state index contributed by atoms with van der Waals surface area (Å²) < 4.78 is 0. The van der Waals surface area contributed by atoms with E-state index >= 15 is 0 Å². The highest BCUT2D eigenvalue weighted by molar-refractivity contribution is 5.82. The van der Waals surface area contributed by atoms with Crippen LogP contribution in [-0.2, 0) is 4.79 Å². The Morgan fingerprint density at radius 3 is 2.38 bits per heavy atom. The summed E-state index contributed by atoms with van der Waals surface area (Å²) in [4.78, 5) is 14.4. The number of carbonyl (C=O) groups is 1. The standard InChI is InChI=1S/C13H22N2O/c14-9-4-3-7-15(8-9)13(16)12-10-5-1-2-6-11(10)12/h9-12H,1-8,14H2/t9-,10?,11?,12?/m1/s1. The summed E-state index contributed by atoms with van der Waals surface area (Å²) in [5.41, 5.74) is 5.94. The quantitative estimate of drug-likeness (QED) is 0.728.